The highest BCUT2D eigenvalue weighted by atomic mass is 16.6. The van der Waals surface area contributed by atoms with Crippen molar-refractivity contribution in [2.45, 2.75) is 26.2 Å². The number of nitrogens with one attached hydrogen (secondary N) is 1. The van der Waals surface area contributed by atoms with E-state index in [0.717, 1.165) is 12.1 Å². The van der Waals surface area contributed by atoms with Gasteiger partial charge in [0.2, 0.25) is 0 Å². The molecule has 0 aliphatic carbocycles. The predicted molar refractivity (Wildman–Crippen MR) is 101 cm³/mol. The summed E-state index contributed by atoms with van der Waals surface area (Å²) in [6.45, 7) is 5.54. The zero-order valence-corrected chi connectivity index (χ0v) is 15.2. The molecule has 1 aliphatic heterocycles. The molecular weight excluding hydrogens is 328 g/mol. The third-order valence-corrected chi connectivity index (χ3v) is 4.42. The summed E-state index contributed by atoms with van der Waals surface area (Å²) in [5, 5.41) is 3.40. The van der Waals surface area contributed by atoms with E-state index in [1.165, 1.54) is 11.1 Å². The Morgan fingerprint density at radius 3 is 2.69 bits per heavy atom. The number of hydrogen-bond donors (Lipinski definition) is 1. The number of ether oxygens (including phenoxy) is 2. The lowest BCUT2D eigenvalue weighted by Crippen LogP contribution is -2.49. The number of carbonyl (C=O) groups excluding carboxylic acids is 1. The number of hydrogen-bond acceptors (Lipinski definition) is 4. The first-order chi connectivity index (χ1) is 12.7. The molecule has 1 unspecified atom stereocenters. The highest BCUT2D eigenvalue weighted by Gasteiger charge is 2.25. The molecule has 5 nitrogen and oxygen atoms in total. The normalized spacial score (nSPS) is 17.1. The van der Waals surface area contributed by atoms with Crippen molar-refractivity contribution in [1.29, 1.82) is 0 Å². The van der Waals surface area contributed by atoms with Crippen LogP contribution < -0.4 is 5.32 Å². The number of morpholine rings is 1. The maximum Gasteiger partial charge on any atom is 0.410 e. The second-order valence-corrected chi connectivity index (χ2v) is 6.60. The molecular formula is C21H26N2O3. The molecule has 1 amide bonds. The molecule has 1 atom stereocenters. The molecule has 1 heterocycles. The highest BCUT2D eigenvalue weighted by molar-refractivity contribution is 5.67. The number of aryl methyl sites for hydroxylation is 1. The van der Waals surface area contributed by atoms with Gasteiger partial charge in [-0.3, -0.25) is 0 Å². The van der Waals surface area contributed by atoms with Crippen molar-refractivity contribution in [3.8, 4) is 0 Å². The summed E-state index contributed by atoms with van der Waals surface area (Å²) in [6.07, 6.45) is -0.292. The van der Waals surface area contributed by atoms with Crippen LogP contribution in [0.3, 0.4) is 0 Å². The van der Waals surface area contributed by atoms with Gasteiger partial charge in [0.15, 0.2) is 0 Å². The van der Waals surface area contributed by atoms with Crippen LogP contribution in [0.1, 0.15) is 16.7 Å². The molecule has 3 rings (SSSR count). The Kier molecular flexibility index (Phi) is 6.63. The Morgan fingerprint density at radius 2 is 1.92 bits per heavy atom. The molecule has 0 saturated carbocycles. The summed E-state index contributed by atoms with van der Waals surface area (Å²) in [5.41, 5.74) is 3.49. The lowest BCUT2D eigenvalue weighted by molar-refractivity contribution is -0.0271. The van der Waals surface area contributed by atoms with Gasteiger partial charge in [0.1, 0.15) is 6.61 Å². The van der Waals surface area contributed by atoms with Gasteiger partial charge in [-0.2, -0.15) is 0 Å². The largest absolute Gasteiger partial charge is 0.445 e. The van der Waals surface area contributed by atoms with Crippen molar-refractivity contribution >= 4 is 6.09 Å². The molecule has 1 saturated heterocycles. The standard InChI is InChI=1S/C21H26N2O3/c1-17-7-9-18(10-8-17)13-22-14-20-15-23(11-12-25-20)21(24)26-16-19-5-3-2-4-6-19/h2-10,20,22H,11-16H2,1H3. The molecule has 0 spiro atoms. The van der Waals surface area contributed by atoms with Gasteiger partial charge in [0, 0.05) is 19.6 Å². The summed E-state index contributed by atoms with van der Waals surface area (Å²) >= 11 is 0. The van der Waals surface area contributed by atoms with Crippen molar-refractivity contribution < 1.29 is 14.3 Å². The van der Waals surface area contributed by atoms with Gasteiger partial charge in [0.05, 0.1) is 19.3 Å². The van der Waals surface area contributed by atoms with Crippen molar-refractivity contribution in [3.63, 3.8) is 0 Å². The first-order valence-electron chi connectivity index (χ1n) is 9.04. The molecule has 138 valence electrons. The van der Waals surface area contributed by atoms with Crippen molar-refractivity contribution in [1.82, 2.24) is 10.2 Å². The smallest absolute Gasteiger partial charge is 0.410 e. The molecule has 0 aromatic heterocycles. The monoisotopic (exact) mass is 354 g/mol. The summed E-state index contributed by atoms with van der Waals surface area (Å²) in [4.78, 5) is 14.0. The zero-order valence-electron chi connectivity index (χ0n) is 15.2. The highest BCUT2D eigenvalue weighted by Crippen LogP contribution is 2.09. The fourth-order valence-electron chi connectivity index (χ4n) is 2.90. The average Bonchev–Trinajstić information content (AvgIpc) is 2.69. The Labute approximate surface area is 154 Å². The van der Waals surface area contributed by atoms with E-state index in [9.17, 15) is 4.79 Å². The molecule has 0 bridgehead atoms. The van der Waals surface area contributed by atoms with E-state index < -0.39 is 0 Å². The van der Waals surface area contributed by atoms with Crippen molar-refractivity contribution in [3.05, 3.63) is 71.3 Å². The Bertz CT molecular complexity index is 688. The molecule has 26 heavy (non-hydrogen) atoms. The van der Waals surface area contributed by atoms with E-state index in [1.54, 1.807) is 4.90 Å². The number of carbonyl (C=O) groups is 1. The van der Waals surface area contributed by atoms with Gasteiger partial charge >= 0.3 is 6.09 Å². The second-order valence-electron chi connectivity index (χ2n) is 6.60. The lowest BCUT2D eigenvalue weighted by Gasteiger charge is -2.32. The molecule has 0 radical (unpaired) electrons. The van der Waals surface area contributed by atoms with Crippen LogP contribution in [0.25, 0.3) is 0 Å². The first kappa shape index (κ1) is 18.4. The van der Waals surface area contributed by atoms with E-state index in [-0.39, 0.29) is 12.2 Å². The SMILES string of the molecule is Cc1ccc(CNCC2CN(C(=O)OCc3ccccc3)CCO2)cc1. The first-order valence-corrected chi connectivity index (χ1v) is 9.04. The second kappa shape index (κ2) is 9.36. The Balaban J connectivity index is 1.40. The zero-order chi connectivity index (χ0) is 18.2. The van der Waals surface area contributed by atoms with Crippen LogP contribution in [0.2, 0.25) is 0 Å². The lowest BCUT2D eigenvalue weighted by atomic mass is 10.1. The van der Waals surface area contributed by atoms with Gasteiger partial charge in [-0.25, -0.2) is 4.79 Å². The summed E-state index contributed by atoms with van der Waals surface area (Å²) in [6, 6.07) is 18.2. The minimum Gasteiger partial charge on any atom is -0.445 e. The number of amides is 1. The van der Waals surface area contributed by atoms with Gasteiger partial charge in [-0.05, 0) is 18.1 Å². The predicted octanol–water partition coefficient (Wildman–Crippen LogP) is 3.12. The summed E-state index contributed by atoms with van der Waals surface area (Å²) in [7, 11) is 0. The Hall–Kier alpha value is -2.37. The maximum atomic E-state index is 12.3. The van der Waals surface area contributed by atoms with Crippen molar-refractivity contribution in [2.24, 2.45) is 0 Å². The van der Waals surface area contributed by atoms with E-state index >= 15 is 0 Å². The topological polar surface area (TPSA) is 50.8 Å². The minimum absolute atomic E-state index is 0.0153. The van der Waals surface area contributed by atoms with Crippen LogP contribution in [0.5, 0.6) is 0 Å². The van der Waals surface area contributed by atoms with E-state index in [0.29, 0.717) is 32.8 Å². The minimum atomic E-state index is -0.277. The van der Waals surface area contributed by atoms with E-state index in [4.69, 9.17) is 9.47 Å². The molecule has 1 fully saturated rings. The summed E-state index contributed by atoms with van der Waals surface area (Å²) in [5.74, 6) is 0. The van der Waals surface area contributed by atoms with Crippen LogP contribution >= 0.6 is 0 Å². The number of benzene rings is 2. The average molecular weight is 354 g/mol. The Morgan fingerprint density at radius 1 is 1.15 bits per heavy atom. The fraction of sp³-hybridized carbons (Fsp3) is 0.381. The van der Waals surface area contributed by atoms with Gasteiger partial charge in [-0.1, -0.05) is 60.2 Å². The molecule has 2 aromatic rings. The number of rotatable bonds is 6. The molecule has 2 aromatic carbocycles. The van der Waals surface area contributed by atoms with Crippen LogP contribution in [0.4, 0.5) is 4.79 Å². The third-order valence-electron chi connectivity index (χ3n) is 4.42. The van der Waals surface area contributed by atoms with Gasteiger partial charge in [0.25, 0.3) is 0 Å². The maximum absolute atomic E-state index is 12.3. The van der Waals surface area contributed by atoms with E-state index in [2.05, 4.69) is 36.5 Å². The van der Waals surface area contributed by atoms with Gasteiger partial charge in [-0.15, -0.1) is 0 Å². The fourth-order valence-corrected chi connectivity index (χ4v) is 2.90. The third kappa shape index (κ3) is 5.58. The van der Waals surface area contributed by atoms with Crippen LogP contribution in [0.15, 0.2) is 54.6 Å². The molecule has 1 aliphatic rings. The van der Waals surface area contributed by atoms with Crippen molar-refractivity contribution in [2.75, 3.05) is 26.2 Å². The quantitative estimate of drug-likeness (QED) is 0.866. The molecule has 5 heteroatoms. The van der Waals surface area contributed by atoms with Gasteiger partial charge < -0.3 is 19.7 Å². The van der Waals surface area contributed by atoms with E-state index in [1.807, 2.05) is 30.3 Å². The summed E-state index contributed by atoms with van der Waals surface area (Å²) < 4.78 is 11.2. The molecule has 1 N–H and O–H groups in total. The van der Waals surface area contributed by atoms with Crippen LogP contribution in [-0.2, 0) is 22.6 Å². The van der Waals surface area contributed by atoms with Crippen LogP contribution in [0, 0.1) is 6.92 Å². The number of nitrogens with zero attached hydrogens (tertiary/aromatic N) is 1. The van der Waals surface area contributed by atoms with Crippen LogP contribution in [-0.4, -0.2) is 43.3 Å².